The van der Waals surface area contributed by atoms with Gasteiger partial charge in [0.1, 0.15) is 12.7 Å². The molecule has 0 aliphatic rings. The fraction of sp³-hybridized carbons (Fsp3) is 0.857. The Hall–Kier alpha value is -0.610. The first kappa shape index (κ1) is 10.4. The van der Waals surface area contributed by atoms with Gasteiger partial charge in [0, 0.05) is 6.54 Å². The molecule has 1 atom stereocenters. The minimum absolute atomic E-state index is 0.330. The minimum Gasteiger partial charge on any atom is -0.462 e. The second-order valence-corrected chi connectivity index (χ2v) is 2.65. The quantitative estimate of drug-likeness (QED) is 0.563. The van der Waals surface area contributed by atoms with E-state index in [1.807, 2.05) is 19.0 Å². The standard InChI is InChI=1S/C7H15NO3/c1-6(9)7(10)11-5-4-8(2)3/h6,9H,4-5H2,1-3H3. The zero-order valence-electron chi connectivity index (χ0n) is 7.20. The average molecular weight is 161 g/mol. The Morgan fingerprint density at radius 1 is 1.64 bits per heavy atom. The topological polar surface area (TPSA) is 49.8 Å². The molecule has 66 valence electrons. The second-order valence-electron chi connectivity index (χ2n) is 2.65. The Morgan fingerprint density at radius 2 is 2.18 bits per heavy atom. The maximum Gasteiger partial charge on any atom is 0.334 e. The van der Waals surface area contributed by atoms with E-state index in [4.69, 9.17) is 5.11 Å². The van der Waals surface area contributed by atoms with Crippen molar-refractivity contribution >= 4 is 5.97 Å². The van der Waals surface area contributed by atoms with E-state index in [1.165, 1.54) is 6.92 Å². The number of carbonyl (C=O) groups excluding carboxylic acids is 1. The highest BCUT2D eigenvalue weighted by Gasteiger charge is 2.08. The van der Waals surface area contributed by atoms with Gasteiger partial charge < -0.3 is 14.7 Å². The highest BCUT2D eigenvalue weighted by molar-refractivity contribution is 5.73. The third kappa shape index (κ3) is 5.82. The van der Waals surface area contributed by atoms with Crippen molar-refractivity contribution in [3.8, 4) is 0 Å². The molecule has 0 bridgehead atoms. The van der Waals surface area contributed by atoms with Gasteiger partial charge in [-0.3, -0.25) is 0 Å². The molecule has 0 rings (SSSR count). The lowest BCUT2D eigenvalue weighted by Gasteiger charge is -2.10. The van der Waals surface area contributed by atoms with Crippen LogP contribution >= 0.6 is 0 Å². The fourth-order valence-corrected chi connectivity index (χ4v) is 0.449. The molecule has 0 aliphatic heterocycles. The zero-order valence-corrected chi connectivity index (χ0v) is 7.20. The van der Waals surface area contributed by atoms with E-state index in [0.717, 1.165) is 0 Å². The van der Waals surface area contributed by atoms with Gasteiger partial charge in [-0.25, -0.2) is 4.79 Å². The monoisotopic (exact) mass is 161 g/mol. The lowest BCUT2D eigenvalue weighted by atomic mass is 10.4. The number of likely N-dealkylation sites (N-methyl/N-ethyl adjacent to an activating group) is 1. The van der Waals surface area contributed by atoms with Crippen molar-refractivity contribution < 1.29 is 14.6 Å². The SMILES string of the molecule is CC(O)C(=O)OCCN(C)C. The van der Waals surface area contributed by atoms with Gasteiger partial charge in [0.05, 0.1) is 0 Å². The molecule has 4 nitrogen and oxygen atoms in total. The highest BCUT2D eigenvalue weighted by Crippen LogP contribution is 1.86. The Morgan fingerprint density at radius 3 is 2.55 bits per heavy atom. The summed E-state index contributed by atoms with van der Waals surface area (Å²) < 4.78 is 4.68. The van der Waals surface area contributed by atoms with Crippen LogP contribution in [0.25, 0.3) is 0 Å². The smallest absolute Gasteiger partial charge is 0.334 e. The first-order valence-corrected chi connectivity index (χ1v) is 3.53. The van der Waals surface area contributed by atoms with Crippen LogP contribution in [0.2, 0.25) is 0 Å². The van der Waals surface area contributed by atoms with E-state index >= 15 is 0 Å². The summed E-state index contributed by atoms with van der Waals surface area (Å²) in [5.41, 5.74) is 0. The van der Waals surface area contributed by atoms with Crippen molar-refractivity contribution in [2.45, 2.75) is 13.0 Å². The van der Waals surface area contributed by atoms with Crippen molar-refractivity contribution in [2.24, 2.45) is 0 Å². The van der Waals surface area contributed by atoms with E-state index < -0.39 is 12.1 Å². The molecule has 0 amide bonds. The molecule has 11 heavy (non-hydrogen) atoms. The number of esters is 1. The van der Waals surface area contributed by atoms with Crippen molar-refractivity contribution in [3.63, 3.8) is 0 Å². The molecule has 1 unspecified atom stereocenters. The summed E-state index contributed by atoms with van der Waals surface area (Å²) in [6.07, 6.45) is -1.02. The molecule has 0 aliphatic carbocycles. The molecular weight excluding hydrogens is 146 g/mol. The average Bonchev–Trinajstić information content (AvgIpc) is 1.86. The van der Waals surface area contributed by atoms with Crippen LogP contribution in [0.4, 0.5) is 0 Å². The van der Waals surface area contributed by atoms with Gasteiger partial charge in [-0.15, -0.1) is 0 Å². The first-order chi connectivity index (χ1) is 5.04. The van der Waals surface area contributed by atoms with Gasteiger partial charge in [-0.05, 0) is 21.0 Å². The summed E-state index contributed by atoms with van der Waals surface area (Å²) in [6, 6.07) is 0. The van der Waals surface area contributed by atoms with E-state index in [-0.39, 0.29) is 0 Å². The lowest BCUT2D eigenvalue weighted by Crippen LogP contribution is -2.24. The van der Waals surface area contributed by atoms with Crippen molar-refractivity contribution in [1.82, 2.24) is 4.90 Å². The van der Waals surface area contributed by atoms with Crippen LogP contribution in [0, 0.1) is 0 Å². The predicted octanol–water partition coefficient (Wildman–Crippen LogP) is -0.528. The van der Waals surface area contributed by atoms with Gasteiger partial charge in [0.25, 0.3) is 0 Å². The zero-order chi connectivity index (χ0) is 8.85. The molecular formula is C7H15NO3. The molecule has 0 saturated heterocycles. The predicted molar refractivity (Wildman–Crippen MR) is 41.2 cm³/mol. The Balaban J connectivity index is 3.32. The first-order valence-electron chi connectivity index (χ1n) is 3.53. The molecule has 0 aromatic rings. The Kier molecular flexibility index (Phi) is 4.81. The number of aliphatic hydroxyl groups excluding tert-OH is 1. The third-order valence-corrected chi connectivity index (χ3v) is 1.12. The van der Waals surface area contributed by atoms with E-state index in [9.17, 15) is 4.79 Å². The van der Waals surface area contributed by atoms with E-state index in [0.29, 0.717) is 13.2 Å². The van der Waals surface area contributed by atoms with Crippen LogP contribution in [-0.2, 0) is 9.53 Å². The highest BCUT2D eigenvalue weighted by atomic mass is 16.5. The van der Waals surface area contributed by atoms with E-state index in [2.05, 4.69) is 4.74 Å². The molecule has 0 aromatic carbocycles. The minimum atomic E-state index is -1.02. The number of rotatable bonds is 4. The summed E-state index contributed by atoms with van der Waals surface area (Å²) in [5.74, 6) is -0.563. The van der Waals surface area contributed by atoms with Gasteiger partial charge in [0.15, 0.2) is 0 Å². The molecule has 0 radical (unpaired) electrons. The molecule has 0 saturated carbocycles. The molecule has 0 heterocycles. The molecule has 1 N–H and O–H groups in total. The number of ether oxygens (including phenoxy) is 1. The maximum absolute atomic E-state index is 10.6. The van der Waals surface area contributed by atoms with Crippen LogP contribution < -0.4 is 0 Å². The largest absolute Gasteiger partial charge is 0.462 e. The normalized spacial score (nSPS) is 13.2. The van der Waals surface area contributed by atoms with Crippen LogP contribution in [0.15, 0.2) is 0 Å². The summed E-state index contributed by atoms with van der Waals surface area (Å²) in [6.45, 7) is 2.40. The molecule has 0 aromatic heterocycles. The van der Waals surface area contributed by atoms with E-state index in [1.54, 1.807) is 0 Å². The van der Waals surface area contributed by atoms with Crippen LogP contribution in [0.5, 0.6) is 0 Å². The molecule has 0 spiro atoms. The maximum atomic E-state index is 10.6. The Labute approximate surface area is 66.8 Å². The van der Waals surface area contributed by atoms with Gasteiger partial charge in [0.2, 0.25) is 0 Å². The van der Waals surface area contributed by atoms with Crippen molar-refractivity contribution in [2.75, 3.05) is 27.2 Å². The van der Waals surface area contributed by atoms with Crippen molar-refractivity contribution in [3.05, 3.63) is 0 Å². The second kappa shape index (κ2) is 5.09. The fourth-order valence-electron chi connectivity index (χ4n) is 0.449. The summed E-state index contributed by atoms with van der Waals surface area (Å²) in [5, 5.41) is 8.70. The number of hydrogen-bond acceptors (Lipinski definition) is 4. The summed E-state index contributed by atoms with van der Waals surface area (Å²) >= 11 is 0. The summed E-state index contributed by atoms with van der Waals surface area (Å²) in [7, 11) is 3.77. The molecule has 0 fully saturated rings. The van der Waals surface area contributed by atoms with Gasteiger partial charge >= 0.3 is 5.97 Å². The number of hydrogen-bond donors (Lipinski definition) is 1. The lowest BCUT2D eigenvalue weighted by molar-refractivity contribution is -0.152. The van der Waals surface area contributed by atoms with Crippen LogP contribution in [0.1, 0.15) is 6.92 Å². The molecule has 4 heteroatoms. The number of nitrogens with zero attached hydrogens (tertiary/aromatic N) is 1. The van der Waals surface area contributed by atoms with Crippen LogP contribution in [-0.4, -0.2) is 49.3 Å². The number of carbonyl (C=O) groups is 1. The third-order valence-electron chi connectivity index (χ3n) is 1.12. The van der Waals surface area contributed by atoms with Gasteiger partial charge in [-0.1, -0.05) is 0 Å². The van der Waals surface area contributed by atoms with Crippen LogP contribution in [0.3, 0.4) is 0 Å². The van der Waals surface area contributed by atoms with Gasteiger partial charge in [-0.2, -0.15) is 0 Å². The number of aliphatic hydroxyl groups is 1. The Bertz CT molecular complexity index is 123. The summed E-state index contributed by atoms with van der Waals surface area (Å²) in [4.78, 5) is 12.5. The van der Waals surface area contributed by atoms with Crippen molar-refractivity contribution in [1.29, 1.82) is 0 Å².